The van der Waals surface area contributed by atoms with Gasteiger partial charge in [0.15, 0.2) is 0 Å². The van der Waals surface area contributed by atoms with Crippen molar-refractivity contribution in [2.45, 2.75) is 12.8 Å². The van der Waals surface area contributed by atoms with Crippen molar-refractivity contribution in [2.75, 3.05) is 0 Å². The molecule has 1 heterocycles. The van der Waals surface area contributed by atoms with Crippen LogP contribution >= 0.6 is 15.9 Å². The van der Waals surface area contributed by atoms with Crippen molar-refractivity contribution in [3.8, 4) is 0 Å². The molecular formula is C7H7BrO2. The van der Waals surface area contributed by atoms with Crippen LogP contribution in [0.2, 0.25) is 0 Å². The van der Waals surface area contributed by atoms with Gasteiger partial charge >= 0.3 is 0 Å². The normalized spacial score (nSPS) is 9.70. The van der Waals surface area contributed by atoms with Crippen molar-refractivity contribution in [2.24, 2.45) is 0 Å². The summed E-state index contributed by atoms with van der Waals surface area (Å²) >= 11 is 3.24. The zero-order valence-electron chi connectivity index (χ0n) is 5.34. The summed E-state index contributed by atoms with van der Waals surface area (Å²) in [5.41, 5.74) is 0. The zero-order chi connectivity index (χ0) is 7.40. The molecule has 0 radical (unpaired) electrons. The van der Waals surface area contributed by atoms with Gasteiger partial charge < -0.3 is 9.21 Å². The van der Waals surface area contributed by atoms with Crippen molar-refractivity contribution in [1.82, 2.24) is 0 Å². The van der Waals surface area contributed by atoms with Crippen LogP contribution in [0.1, 0.15) is 12.2 Å². The lowest BCUT2D eigenvalue weighted by Gasteiger charge is -1.85. The van der Waals surface area contributed by atoms with E-state index in [2.05, 4.69) is 15.9 Å². The average molecular weight is 203 g/mol. The van der Waals surface area contributed by atoms with Crippen molar-refractivity contribution >= 4 is 22.2 Å². The van der Waals surface area contributed by atoms with Crippen molar-refractivity contribution in [3.05, 3.63) is 22.6 Å². The van der Waals surface area contributed by atoms with Crippen LogP contribution in [0.25, 0.3) is 0 Å². The Balaban J connectivity index is 2.49. The first-order valence-corrected chi connectivity index (χ1v) is 3.79. The molecule has 1 aromatic rings. The molecule has 2 nitrogen and oxygen atoms in total. The molecule has 0 bridgehead atoms. The fourth-order valence-corrected chi connectivity index (χ4v) is 1.03. The fourth-order valence-electron chi connectivity index (χ4n) is 0.686. The fraction of sp³-hybridized carbons (Fsp3) is 0.286. The largest absolute Gasteiger partial charge is 0.468 e. The van der Waals surface area contributed by atoms with E-state index in [1.54, 1.807) is 6.26 Å². The first kappa shape index (κ1) is 7.54. The molecule has 10 heavy (non-hydrogen) atoms. The Labute approximate surface area is 67.3 Å². The van der Waals surface area contributed by atoms with Gasteiger partial charge in [0.05, 0.1) is 4.47 Å². The van der Waals surface area contributed by atoms with Gasteiger partial charge in [-0.25, -0.2) is 0 Å². The first-order valence-electron chi connectivity index (χ1n) is 2.99. The lowest BCUT2D eigenvalue weighted by atomic mass is 10.3. The number of halogens is 1. The quantitative estimate of drug-likeness (QED) is 0.704. The van der Waals surface area contributed by atoms with Gasteiger partial charge in [0.1, 0.15) is 18.3 Å². The molecule has 0 aliphatic carbocycles. The van der Waals surface area contributed by atoms with E-state index in [1.807, 2.05) is 6.07 Å². The van der Waals surface area contributed by atoms with Crippen LogP contribution < -0.4 is 0 Å². The molecule has 0 aliphatic rings. The van der Waals surface area contributed by atoms with Crippen LogP contribution in [-0.4, -0.2) is 6.29 Å². The van der Waals surface area contributed by atoms with Gasteiger partial charge in [0, 0.05) is 12.8 Å². The third kappa shape index (κ3) is 1.99. The Hall–Kier alpha value is -0.570. The van der Waals surface area contributed by atoms with Gasteiger partial charge in [0.2, 0.25) is 0 Å². The van der Waals surface area contributed by atoms with Crippen LogP contribution in [0.3, 0.4) is 0 Å². The smallest absolute Gasteiger partial charge is 0.120 e. The van der Waals surface area contributed by atoms with E-state index in [0.717, 1.165) is 16.5 Å². The average Bonchev–Trinajstić information content (AvgIpc) is 2.31. The standard InChI is InChI=1S/C7H7BrO2/c8-6-4-7(10-5-6)2-1-3-9/h3-5H,1-2H2. The molecule has 0 saturated heterocycles. The third-order valence-corrected chi connectivity index (χ3v) is 1.55. The number of carbonyl (C=O) groups is 1. The molecule has 0 fully saturated rings. The number of hydrogen-bond acceptors (Lipinski definition) is 2. The Kier molecular flexibility index (Phi) is 2.68. The van der Waals surface area contributed by atoms with E-state index in [4.69, 9.17) is 4.42 Å². The number of carbonyl (C=O) groups excluding carboxylic acids is 1. The highest BCUT2D eigenvalue weighted by Gasteiger charge is 1.97. The van der Waals surface area contributed by atoms with Gasteiger partial charge in [-0.2, -0.15) is 0 Å². The molecule has 3 heteroatoms. The summed E-state index contributed by atoms with van der Waals surface area (Å²) in [6.07, 6.45) is 3.71. The van der Waals surface area contributed by atoms with Crippen LogP contribution in [0, 0.1) is 0 Å². The van der Waals surface area contributed by atoms with Crippen molar-refractivity contribution in [3.63, 3.8) is 0 Å². The van der Waals surface area contributed by atoms with Crippen LogP contribution in [0.4, 0.5) is 0 Å². The number of aryl methyl sites for hydroxylation is 1. The zero-order valence-corrected chi connectivity index (χ0v) is 6.93. The number of hydrogen-bond donors (Lipinski definition) is 0. The third-order valence-electron chi connectivity index (χ3n) is 1.13. The Morgan fingerprint density at radius 2 is 2.50 bits per heavy atom. The predicted octanol–water partition coefficient (Wildman–Crippen LogP) is 2.17. The van der Waals surface area contributed by atoms with Gasteiger partial charge in [-0.1, -0.05) is 0 Å². The maximum absolute atomic E-state index is 9.93. The first-order chi connectivity index (χ1) is 4.83. The van der Waals surface area contributed by atoms with Crippen LogP contribution in [0.15, 0.2) is 21.2 Å². The minimum atomic E-state index is 0.528. The molecule has 1 aromatic heterocycles. The molecule has 0 atom stereocenters. The van der Waals surface area contributed by atoms with Gasteiger partial charge in [-0.15, -0.1) is 0 Å². The van der Waals surface area contributed by atoms with E-state index in [1.165, 1.54) is 0 Å². The Bertz CT molecular complexity index is 217. The lowest BCUT2D eigenvalue weighted by molar-refractivity contribution is -0.107. The summed E-state index contributed by atoms with van der Waals surface area (Å²) in [6.45, 7) is 0. The summed E-state index contributed by atoms with van der Waals surface area (Å²) in [7, 11) is 0. The second-order valence-corrected chi connectivity index (χ2v) is 2.85. The van der Waals surface area contributed by atoms with E-state index in [-0.39, 0.29) is 0 Å². The topological polar surface area (TPSA) is 30.2 Å². The minimum Gasteiger partial charge on any atom is -0.468 e. The predicted molar refractivity (Wildman–Crippen MR) is 40.8 cm³/mol. The number of rotatable bonds is 3. The minimum absolute atomic E-state index is 0.528. The molecule has 0 spiro atoms. The monoisotopic (exact) mass is 202 g/mol. The molecule has 0 aromatic carbocycles. The number of aldehydes is 1. The van der Waals surface area contributed by atoms with Crippen molar-refractivity contribution < 1.29 is 9.21 Å². The van der Waals surface area contributed by atoms with Gasteiger partial charge in [0.25, 0.3) is 0 Å². The van der Waals surface area contributed by atoms with Gasteiger partial charge in [-0.3, -0.25) is 0 Å². The van der Waals surface area contributed by atoms with E-state index in [0.29, 0.717) is 12.8 Å². The molecule has 54 valence electrons. The van der Waals surface area contributed by atoms with E-state index < -0.39 is 0 Å². The second kappa shape index (κ2) is 3.56. The highest BCUT2D eigenvalue weighted by atomic mass is 79.9. The molecule has 0 saturated carbocycles. The highest BCUT2D eigenvalue weighted by Crippen LogP contribution is 2.14. The maximum Gasteiger partial charge on any atom is 0.120 e. The lowest BCUT2D eigenvalue weighted by Crippen LogP contribution is -1.80. The van der Waals surface area contributed by atoms with Crippen LogP contribution in [0.5, 0.6) is 0 Å². The molecule has 0 amide bonds. The Morgan fingerprint density at radius 3 is 3.00 bits per heavy atom. The van der Waals surface area contributed by atoms with Crippen LogP contribution in [-0.2, 0) is 11.2 Å². The highest BCUT2D eigenvalue weighted by molar-refractivity contribution is 9.10. The Morgan fingerprint density at radius 1 is 1.70 bits per heavy atom. The molecule has 0 N–H and O–H groups in total. The summed E-state index contributed by atoms with van der Waals surface area (Å²) in [4.78, 5) is 9.93. The maximum atomic E-state index is 9.93. The molecule has 0 unspecified atom stereocenters. The second-order valence-electron chi connectivity index (χ2n) is 1.94. The summed E-state index contributed by atoms with van der Waals surface area (Å²) in [5, 5.41) is 0. The molecular weight excluding hydrogens is 196 g/mol. The summed E-state index contributed by atoms with van der Waals surface area (Å²) in [6, 6.07) is 1.86. The van der Waals surface area contributed by atoms with E-state index in [9.17, 15) is 4.79 Å². The van der Waals surface area contributed by atoms with E-state index >= 15 is 0 Å². The van der Waals surface area contributed by atoms with Crippen molar-refractivity contribution in [1.29, 1.82) is 0 Å². The summed E-state index contributed by atoms with van der Waals surface area (Å²) < 4.78 is 5.99. The molecule has 0 aliphatic heterocycles. The summed E-state index contributed by atoms with van der Waals surface area (Å²) in [5.74, 6) is 0.846. The molecule has 1 rings (SSSR count). The number of furan rings is 1. The van der Waals surface area contributed by atoms with Gasteiger partial charge in [-0.05, 0) is 22.0 Å². The SMILES string of the molecule is O=CCCc1cc(Br)co1.